The first-order chi connectivity index (χ1) is 12.2. The van der Waals surface area contributed by atoms with Crippen LogP contribution in [-0.4, -0.2) is 31.8 Å². The van der Waals surface area contributed by atoms with Crippen molar-refractivity contribution in [2.24, 2.45) is 0 Å². The van der Waals surface area contributed by atoms with Gasteiger partial charge in [0.15, 0.2) is 4.96 Å². The van der Waals surface area contributed by atoms with Gasteiger partial charge in [-0.3, -0.25) is 14.0 Å². The van der Waals surface area contributed by atoms with Crippen LogP contribution in [0.5, 0.6) is 0 Å². The molecular formula is C16H16N4O2S3. The molecule has 130 valence electrons. The van der Waals surface area contributed by atoms with Crippen LogP contribution in [0.25, 0.3) is 4.96 Å². The van der Waals surface area contributed by atoms with E-state index in [1.807, 2.05) is 17.5 Å². The first-order valence-corrected chi connectivity index (χ1v) is 10.6. The number of hydrogen-bond acceptors (Lipinski definition) is 7. The Bertz CT molecular complexity index is 921. The van der Waals surface area contributed by atoms with Crippen LogP contribution >= 0.6 is 34.9 Å². The first kappa shape index (κ1) is 18.0. The van der Waals surface area contributed by atoms with Crippen molar-refractivity contribution in [3.63, 3.8) is 0 Å². The summed E-state index contributed by atoms with van der Waals surface area (Å²) in [5.74, 6) is 1.67. The van der Waals surface area contributed by atoms with E-state index in [0.717, 1.165) is 10.8 Å². The minimum Gasteiger partial charge on any atom is -0.324 e. The summed E-state index contributed by atoms with van der Waals surface area (Å²) in [7, 11) is 0. The van der Waals surface area contributed by atoms with E-state index in [9.17, 15) is 9.59 Å². The van der Waals surface area contributed by atoms with Crippen LogP contribution in [0.4, 0.5) is 5.69 Å². The molecule has 0 aliphatic rings. The highest BCUT2D eigenvalue weighted by Gasteiger charge is 2.07. The van der Waals surface area contributed by atoms with Gasteiger partial charge in [-0.15, -0.1) is 34.9 Å². The van der Waals surface area contributed by atoms with E-state index in [0.29, 0.717) is 22.1 Å². The van der Waals surface area contributed by atoms with Crippen molar-refractivity contribution in [1.82, 2.24) is 14.4 Å². The van der Waals surface area contributed by atoms with Crippen LogP contribution in [0.2, 0.25) is 0 Å². The highest BCUT2D eigenvalue weighted by molar-refractivity contribution is 7.99. The van der Waals surface area contributed by atoms with Gasteiger partial charge in [0.1, 0.15) is 0 Å². The molecule has 0 saturated carbocycles. The second-order valence-corrected chi connectivity index (χ2v) is 8.14. The zero-order chi connectivity index (χ0) is 17.6. The number of carbonyl (C=O) groups is 1. The molecule has 3 heterocycles. The molecule has 3 aromatic rings. The second-order valence-electron chi connectivity index (χ2n) is 5.00. The topological polar surface area (TPSA) is 76.4 Å². The molecule has 25 heavy (non-hydrogen) atoms. The van der Waals surface area contributed by atoms with Crippen LogP contribution in [0.15, 0.2) is 45.8 Å². The smallest absolute Gasteiger partial charge is 0.258 e. The lowest BCUT2D eigenvalue weighted by molar-refractivity contribution is -0.113. The summed E-state index contributed by atoms with van der Waals surface area (Å²) in [4.78, 5) is 33.3. The fourth-order valence-electron chi connectivity index (χ4n) is 2.09. The summed E-state index contributed by atoms with van der Waals surface area (Å²) in [5.41, 5.74) is 1.28. The lowest BCUT2D eigenvalue weighted by atomic mass is 10.4. The van der Waals surface area contributed by atoms with Crippen molar-refractivity contribution in [3.05, 3.63) is 52.0 Å². The second kappa shape index (κ2) is 8.50. The van der Waals surface area contributed by atoms with E-state index < -0.39 is 0 Å². The summed E-state index contributed by atoms with van der Waals surface area (Å²) in [6.45, 7) is 2.07. The molecule has 0 fully saturated rings. The molecule has 6 nitrogen and oxygen atoms in total. The Kier molecular flexibility index (Phi) is 6.11. The average Bonchev–Trinajstić information content (AvgIpc) is 3.06. The van der Waals surface area contributed by atoms with Crippen LogP contribution < -0.4 is 10.9 Å². The van der Waals surface area contributed by atoms with Gasteiger partial charge < -0.3 is 5.32 Å². The number of anilines is 1. The van der Waals surface area contributed by atoms with Crippen molar-refractivity contribution >= 4 is 51.4 Å². The summed E-state index contributed by atoms with van der Waals surface area (Å²) >= 11 is 4.49. The van der Waals surface area contributed by atoms with Crippen LogP contribution in [0.1, 0.15) is 12.6 Å². The molecular weight excluding hydrogens is 376 g/mol. The molecule has 3 rings (SSSR count). The summed E-state index contributed by atoms with van der Waals surface area (Å²) < 4.78 is 1.51. The number of pyridine rings is 1. The van der Waals surface area contributed by atoms with Gasteiger partial charge in [-0.2, -0.15) is 0 Å². The van der Waals surface area contributed by atoms with Crippen molar-refractivity contribution in [3.8, 4) is 0 Å². The Morgan fingerprint density at radius 3 is 3.04 bits per heavy atom. The summed E-state index contributed by atoms with van der Waals surface area (Å²) in [6.07, 6.45) is 3.37. The van der Waals surface area contributed by atoms with Gasteiger partial charge in [-0.25, -0.2) is 9.97 Å². The number of rotatable bonds is 7. The van der Waals surface area contributed by atoms with Gasteiger partial charge in [-0.1, -0.05) is 6.92 Å². The van der Waals surface area contributed by atoms with E-state index in [4.69, 9.17) is 0 Å². The number of hydrogen-bond donors (Lipinski definition) is 1. The molecule has 0 atom stereocenters. The predicted molar refractivity (Wildman–Crippen MR) is 105 cm³/mol. The molecule has 0 bridgehead atoms. The van der Waals surface area contributed by atoms with Gasteiger partial charge in [0.2, 0.25) is 5.91 Å². The average molecular weight is 393 g/mol. The summed E-state index contributed by atoms with van der Waals surface area (Å²) in [5, 5.41) is 5.59. The fraction of sp³-hybridized carbons (Fsp3) is 0.250. The number of fused-ring (bicyclic) bond motifs is 1. The molecule has 9 heteroatoms. The minimum atomic E-state index is -0.100. The zero-order valence-electron chi connectivity index (χ0n) is 13.5. The first-order valence-electron chi connectivity index (χ1n) is 7.58. The Labute approximate surface area is 157 Å². The Hall–Kier alpha value is -1.84. The third-order valence-electron chi connectivity index (χ3n) is 3.15. The van der Waals surface area contributed by atoms with Gasteiger partial charge in [0.25, 0.3) is 5.56 Å². The Balaban J connectivity index is 1.50. The molecule has 0 aromatic carbocycles. The van der Waals surface area contributed by atoms with E-state index in [-0.39, 0.29) is 17.2 Å². The third kappa shape index (κ3) is 4.83. The normalized spacial score (nSPS) is 10.9. The molecule has 1 N–H and O–H groups in total. The van der Waals surface area contributed by atoms with Crippen molar-refractivity contribution in [2.75, 3.05) is 16.8 Å². The van der Waals surface area contributed by atoms with Crippen LogP contribution in [-0.2, 0) is 10.5 Å². The highest BCUT2D eigenvalue weighted by Crippen LogP contribution is 2.17. The quantitative estimate of drug-likeness (QED) is 0.623. The Morgan fingerprint density at radius 1 is 1.40 bits per heavy atom. The number of thiazole rings is 1. The molecule has 0 saturated heterocycles. The van der Waals surface area contributed by atoms with E-state index >= 15 is 0 Å². The van der Waals surface area contributed by atoms with Crippen molar-refractivity contribution < 1.29 is 4.79 Å². The van der Waals surface area contributed by atoms with Gasteiger partial charge in [-0.05, 0) is 17.9 Å². The number of aromatic nitrogens is 3. The van der Waals surface area contributed by atoms with Crippen molar-refractivity contribution in [1.29, 1.82) is 0 Å². The lowest BCUT2D eigenvalue weighted by Crippen LogP contribution is -2.15. The van der Waals surface area contributed by atoms with Gasteiger partial charge in [0.05, 0.1) is 28.4 Å². The Morgan fingerprint density at radius 2 is 2.28 bits per heavy atom. The monoisotopic (exact) mass is 392 g/mol. The molecule has 0 aliphatic carbocycles. The number of nitrogens with one attached hydrogen (secondary N) is 1. The maximum absolute atomic E-state index is 12.0. The molecule has 0 unspecified atom stereocenters. The van der Waals surface area contributed by atoms with E-state index in [2.05, 4.69) is 22.2 Å². The number of nitrogens with zero attached hydrogens (tertiary/aromatic N) is 3. The molecule has 0 radical (unpaired) electrons. The predicted octanol–water partition coefficient (Wildman–Crippen LogP) is 3.13. The maximum atomic E-state index is 12.0. The van der Waals surface area contributed by atoms with Gasteiger partial charge in [0, 0.05) is 23.4 Å². The van der Waals surface area contributed by atoms with E-state index in [1.54, 1.807) is 24.2 Å². The third-order valence-corrected chi connectivity index (χ3v) is 5.70. The fourth-order valence-corrected chi connectivity index (χ4v) is 4.14. The highest BCUT2D eigenvalue weighted by atomic mass is 32.2. The lowest BCUT2D eigenvalue weighted by Gasteiger charge is -2.05. The molecule has 3 aromatic heterocycles. The van der Waals surface area contributed by atoms with Crippen LogP contribution in [0, 0.1) is 0 Å². The standard InChI is InChI=1S/C16H16N4O2S3/c1-2-24-14-4-3-11(8-17-14)18-13(21)10-23-9-12-7-15(22)20-5-6-25-16(20)19-12/h3-8H,2,9-10H2,1H3,(H,18,21). The minimum absolute atomic E-state index is 0.0950. The SMILES string of the molecule is CCSc1ccc(NC(=O)CSCc2cc(=O)n3ccsc3n2)cn1. The largest absolute Gasteiger partial charge is 0.324 e. The maximum Gasteiger partial charge on any atom is 0.258 e. The van der Waals surface area contributed by atoms with Gasteiger partial charge >= 0.3 is 0 Å². The molecule has 0 spiro atoms. The number of thioether (sulfide) groups is 2. The zero-order valence-corrected chi connectivity index (χ0v) is 15.9. The molecule has 0 aliphatic heterocycles. The van der Waals surface area contributed by atoms with E-state index in [1.165, 1.54) is 33.6 Å². The number of carbonyl (C=O) groups excluding carboxylic acids is 1. The number of amides is 1. The molecule has 1 amide bonds. The van der Waals surface area contributed by atoms with Crippen molar-refractivity contribution in [2.45, 2.75) is 17.7 Å². The van der Waals surface area contributed by atoms with Crippen LogP contribution in [0.3, 0.4) is 0 Å². The summed E-state index contributed by atoms with van der Waals surface area (Å²) in [6, 6.07) is 5.25.